The van der Waals surface area contributed by atoms with E-state index >= 15 is 0 Å². The predicted molar refractivity (Wildman–Crippen MR) is 179 cm³/mol. The van der Waals surface area contributed by atoms with Gasteiger partial charge in [-0.1, -0.05) is 26.0 Å². The first-order valence-electron chi connectivity index (χ1n) is 15.8. The van der Waals surface area contributed by atoms with Gasteiger partial charge in [-0.2, -0.15) is 5.10 Å². The second-order valence-electron chi connectivity index (χ2n) is 12.9. The Balaban J connectivity index is 2.18. The number of alkyl halides is 2. The van der Waals surface area contributed by atoms with Crippen LogP contribution in [0.3, 0.4) is 0 Å². The largest absolute Gasteiger partial charge is 0.481 e. The number of hydrogen-bond donors (Lipinski definition) is 2. The van der Waals surface area contributed by atoms with E-state index in [1.165, 1.54) is 0 Å². The smallest absolute Gasteiger partial charge is 0.310 e. The highest BCUT2D eigenvalue weighted by Gasteiger charge is 2.42. The average molecular weight is 639 g/mol. The number of aliphatic carboxylic acids is 1. The van der Waals surface area contributed by atoms with Crippen molar-refractivity contribution in [1.29, 1.82) is 0 Å². The summed E-state index contributed by atoms with van der Waals surface area (Å²) in [6.45, 7) is 14.3. The number of carbonyl (C=O) groups excluding carboxylic acids is 1. The molecule has 0 saturated heterocycles. The van der Waals surface area contributed by atoms with Crippen LogP contribution in [0, 0.1) is 5.41 Å². The molecular weight excluding hydrogens is 590 g/mol. The molecule has 3 N–H and O–H groups in total. The van der Waals surface area contributed by atoms with Crippen molar-refractivity contribution in [2.75, 3.05) is 18.0 Å². The van der Waals surface area contributed by atoms with E-state index in [0.29, 0.717) is 42.1 Å². The number of rotatable bonds is 14. The highest BCUT2D eigenvalue weighted by atomic mass is 19.3. The molecule has 0 spiro atoms. The lowest BCUT2D eigenvalue weighted by Crippen LogP contribution is -2.36. The first kappa shape index (κ1) is 36.3. The quantitative estimate of drug-likeness (QED) is 0.169. The molecule has 250 valence electrons. The third-order valence-corrected chi connectivity index (χ3v) is 8.51. The zero-order valence-corrected chi connectivity index (χ0v) is 28.3. The number of aromatic nitrogens is 3. The summed E-state index contributed by atoms with van der Waals surface area (Å²) >= 11 is 0. The van der Waals surface area contributed by atoms with Gasteiger partial charge in [-0.15, -0.1) is 0 Å². The Bertz CT molecular complexity index is 1560. The molecule has 0 radical (unpaired) electrons. The summed E-state index contributed by atoms with van der Waals surface area (Å²) in [5.74, 6) is -3.06. The minimum absolute atomic E-state index is 0.0919. The van der Waals surface area contributed by atoms with Gasteiger partial charge in [-0.05, 0) is 72.1 Å². The number of nitrogens with two attached hydrogens (primary N) is 1. The van der Waals surface area contributed by atoms with Crippen LogP contribution < -0.4 is 10.6 Å². The second-order valence-corrected chi connectivity index (χ2v) is 12.9. The highest BCUT2D eigenvalue weighted by molar-refractivity contribution is 6.24. The minimum Gasteiger partial charge on any atom is -0.481 e. The molecule has 1 aliphatic rings. The van der Waals surface area contributed by atoms with Crippen LogP contribution in [0.15, 0.2) is 64.8 Å². The molecule has 11 heteroatoms. The molecular formula is C35H48F2N6O3. The van der Waals surface area contributed by atoms with Gasteiger partial charge >= 0.3 is 5.97 Å². The van der Waals surface area contributed by atoms with Crippen molar-refractivity contribution < 1.29 is 23.5 Å². The first-order valence-corrected chi connectivity index (χ1v) is 15.8. The number of allylic oxidation sites excluding steroid dienone is 4. The van der Waals surface area contributed by atoms with Crippen molar-refractivity contribution in [3.8, 4) is 0 Å². The third kappa shape index (κ3) is 8.16. The zero-order chi connectivity index (χ0) is 34.4. The molecule has 2 aromatic rings. The van der Waals surface area contributed by atoms with Crippen molar-refractivity contribution in [1.82, 2.24) is 14.8 Å². The summed E-state index contributed by atoms with van der Waals surface area (Å²) in [6.07, 6.45) is 10.2. The molecule has 9 nitrogen and oxygen atoms in total. The van der Waals surface area contributed by atoms with Crippen LogP contribution in [0.1, 0.15) is 92.2 Å². The van der Waals surface area contributed by atoms with E-state index in [9.17, 15) is 23.5 Å². The van der Waals surface area contributed by atoms with Gasteiger partial charge in [0, 0.05) is 66.3 Å². The van der Waals surface area contributed by atoms with Gasteiger partial charge in [0.1, 0.15) is 17.4 Å². The lowest BCUT2D eigenvalue weighted by Gasteiger charge is -2.31. The zero-order valence-electron chi connectivity index (χ0n) is 28.3. The fourth-order valence-electron chi connectivity index (χ4n) is 5.87. The van der Waals surface area contributed by atoms with Crippen LogP contribution >= 0.6 is 0 Å². The summed E-state index contributed by atoms with van der Waals surface area (Å²) in [5.41, 5.74) is 8.64. The number of aliphatic imine (C=N–C) groups is 1. The molecule has 46 heavy (non-hydrogen) atoms. The maximum atomic E-state index is 13.9. The SMILES string of the molecule is CC/C=C(C)/C(=C(N)\N=C(/C)C1=CCCN(CCC(C)(F)F)c2ncccc21)C(C)(C(=O)CC)c1cnn(CC(C)(C)C(=O)O)c1. The first-order chi connectivity index (χ1) is 21.5. The lowest BCUT2D eigenvalue weighted by atomic mass is 9.70. The number of fused-ring (bicyclic) bond motifs is 1. The van der Waals surface area contributed by atoms with Crippen LogP contribution in [0.4, 0.5) is 14.6 Å². The van der Waals surface area contributed by atoms with E-state index < -0.39 is 22.7 Å². The number of ketones is 1. The Hall–Kier alpha value is -4.15. The number of Topliss-reactive ketones (excluding diaryl/α,β-unsaturated/α-hetero) is 1. The van der Waals surface area contributed by atoms with E-state index in [4.69, 9.17) is 10.7 Å². The molecule has 3 rings (SSSR count). The standard InChI is InChI=1S/C35H48F2N6O3/c1-9-13-23(3)29(35(8,28(44)10-2)25-20-40-43(21-25)22-33(5,6)32(45)46)30(38)41-24(4)26-15-12-18-42(19-16-34(7,36)37)31-27(26)14-11-17-39-31/h11,13-15,17,20-21H,9-10,12,16,18-19,22,38H2,1-8H3,(H,45,46)/b23-13+,30-29+,41-24+. The summed E-state index contributed by atoms with van der Waals surface area (Å²) < 4.78 is 29.0. The van der Waals surface area contributed by atoms with Gasteiger partial charge in [-0.3, -0.25) is 14.3 Å². The highest BCUT2D eigenvalue weighted by Crippen LogP contribution is 2.40. The van der Waals surface area contributed by atoms with E-state index in [2.05, 4.69) is 10.1 Å². The summed E-state index contributed by atoms with van der Waals surface area (Å²) in [7, 11) is 0. The van der Waals surface area contributed by atoms with E-state index in [1.54, 1.807) is 50.1 Å². The fourth-order valence-corrected chi connectivity index (χ4v) is 5.87. The Kier molecular flexibility index (Phi) is 11.5. The van der Waals surface area contributed by atoms with Crippen molar-refractivity contribution in [3.05, 3.63) is 71.0 Å². The normalized spacial score (nSPS) is 16.7. The van der Waals surface area contributed by atoms with Crippen molar-refractivity contribution in [2.24, 2.45) is 16.1 Å². The van der Waals surface area contributed by atoms with E-state index in [0.717, 1.165) is 23.6 Å². The molecule has 1 atom stereocenters. The fraction of sp³-hybridized carbons (Fsp3) is 0.514. The number of carbonyl (C=O) groups is 2. The van der Waals surface area contributed by atoms with Crippen molar-refractivity contribution in [2.45, 2.75) is 99.0 Å². The Morgan fingerprint density at radius 2 is 1.87 bits per heavy atom. The molecule has 1 aliphatic heterocycles. The molecule has 2 aromatic heterocycles. The molecule has 0 bridgehead atoms. The second kappa shape index (κ2) is 14.5. The minimum atomic E-state index is -2.79. The predicted octanol–water partition coefficient (Wildman–Crippen LogP) is 6.95. The summed E-state index contributed by atoms with van der Waals surface area (Å²) in [4.78, 5) is 37.0. The molecule has 1 unspecified atom stereocenters. The Morgan fingerprint density at radius 3 is 2.48 bits per heavy atom. The third-order valence-electron chi connectivity index (χ3n) is 8.51. The van der Waals surface area contributed by atoms with Crippen LogP contribution in [0.5, 0.6) is 0 Å². The van der Waals surface area contributed by atoms with Crippen molar-refractivity contribution in [3.63, 3.8) is 0 Å². The topological polar surface area (TPSA) is 127 Å². The number of carboxylic acids is 1. The molecule has 3 heterocycles. The summed E-state index contributed by atoms with van der Waals surface area (Å²) in [6, 6.07) is 3.70. The number of nitrogens with zero attached hydrogens (tertiary/aromatic N) is 5. The molecule has 0 aliphatic carbocycles. The van der Waals surface area contributed by atoms with Gasteiger partial charge in [0.15, 0.2) is 0 Å². The number of hydrogen-bond acceptors (Lipinski definition) is 7. The maximum absolute atomic E-state index is 13.9. The summed E-state index contributed by atoms with van der Waals surface area (Å²) in [5, 5.41) is 14.1. The number of anilines is 1. The van der Waals surface area contributed by atoms with Gasteiger partial charge in [0.05, 0.1) is 23.6 Å². The van der Waals surface area contributed by atoms with E-state index in [-0.39, 0.29) is 37.5 Å². The van der Waals surface area contributed by atoms with Gasteiger partial charge in [0.25, 0.3) is 0 Å². The molecule has 0 fully saturated rings. The number of pyridine rings is 1. The van der Waals surface area contributed by atoms with E-state index in [1.807, 2.05) is 50.8 Å². The maximum Gasteiger partial charge on any atom is 0.310 e. The van der Waals surface area contributed by atoms with Gasteiger partial charge < -0.3 is 15.7 Å². The number of carboxylic acid groups (broad SMARTS) is 1. The van der Waals surface area contributed by atoms with Crippen molar-refractivity contribution >= 4 is 28.9 Å². The molecule has 0 saturated carbocycles. The Morgan fingerprint density at radius 1 is 1.17 bits per heavy atom. The number of halogens is 2. The van der Waals surface area contributed by atoms with Gasteiger partial charge in [-0.25, -0.2) is 18.8 Å². The molecule has 0 amide bonds. The molecule has 0 aromatic carbocycles. The van der Waals surface area contributed by atoms with Gasteiger partial charge in [0.2, 0.25) is 5.92 Å². The van der Waals surface area contributed by atoms with Crippen LogP contribution in [-0.2, 0) is 21.5 Å². The van der Waals surface area contributed by atoms with Crippen LogP contribution in [-0.4, -0.2) is 56.3 Å². The van der Waals surface area contributed by atoms with Crippen LogP contribution in [0.2, 0.25) is 0 Å². The average Bonchev–Trinajstić information content (AvgIpc) is 3.35. The monoisotopic (exact) mass is 638 g/mol. The van der Waals surface area contributed by atoms with Crippen LogP contribution in [0.25, 0.3) is 5.57 Å². The lowest BCUT2D eigenvalue weighted by molar-refractivity contribution is -0.147. The Labute approximate surface area is 271 Å².